The van der Waals surface area contributed by atoms with E-state index in [2.05, 4.69) is 27.9 Å². The Morgan fingerprint density at radius 2 is 1.46 bits per heavy atom. The number of nitrogens with one attached hydrogen (secondary N) is 3. The zero-order chi connectivity index (χ0) is 33.6. The Bertz CT molecular complexity index is 1780. The molecule has 0 bridgehead atoms. The smallest absolute Gasteiger partial charge is 0.237 e. The fourth-order valence-corrected chi connectivity index (χ4v) is 6.75. The van der Waals surface area contributed by atoms with Crippen molar-refractivity contribution in [3.63, 3.8) is 0 Å². The van der Waals surface area contributed by atoms with E-state index < -0.39 is 0 Å². The molecule has 1 amide bonds. The van der Waals surface area contributed by atoms with E-state index in [0.29, 0.717) is 88.0 Å². The summed E-state index contributed by atoms with van der Waals surface area (Å²) in [7, 11) is 3.15. The fourth-order valence-electron chi connectivity index (χ4n) is 6.11. The first-order valence-electron chi connectivity index (χ1n) is 16.0. The van der Waals surface area contributed by atoms with Crippen molar-refractivity contribution in [1.29, 1.82) is 0 Å². The van der Waals surface area contributed by atoms with Gasteiger partial charge >= 0.3 is 0 Å². The monoisotopic (exact) mass is 691 g/mol. The molecule has 0 saturated carbocycles. The summed E-state index contributed by atoms with van der Waals surface area (Å²) in [5.74, 6) is 1.34. The molecule has 0 spiro atoms. The molecule has 48 heavy (non-hydrogen) atoms. The van der Waals surface area contributed by atoms with Crippen molar-refractivity contribution < 1.29 is 19.0 Å². The summed E-state index contributed by atoms with van der Waals surface area (Å²) in [6.45, 7) is 5.30. The molecule has 0 radical (unpaired) electrons. The van der Waals surface area contributed by atoms with Crippen molar-refractivity contribution in [3.8, 4) is 45.4 Å². The van der Waals surface area contributed by atoms with Crippen LogP contribution in [0.15, 0.2) is 48.8 Å². The topological polar surface area (TPSA) is 132 Å². The predicted octanol–water partition coefficient (Wildman–Crippen LogP) is 5.47. The molecule has 2 aromatic carbocycles. The van der Waals surface area contributed by atoms with Crippen LogP contribution in [0.3, 0.4) is 0 Å². The predicted molar refractivity (Wildman–Crippen MR) is 185 cm³/mol. The Hall–Kier alpha value is -3.87. The first kappa shape index (κ1) is 34.0. The number of hydrogen-bond acceptors (Lipinski definition) is 10. The number of aromatic nitrogens is 4. The van der Waals surface area contributed by atoms with Crippen molar-refractivity contribution in [2.75, 3.05) is 34.0 Å². The number of rotatable bonds is 12. The van der Waals surface area contributed by atoms with Gasteiger partial charge in [0.1, 0.15) is 11.4 Å². The van der Waals surface area contributed by atoms with E-state index >= 15 is 0 Å². The second-order valence-corrected chi connectivity index (χ2v) is 12.8. The molecule has 0 aliphatic carbocycles. The Morgan fingerprint density at radius 3 is 2.00 bits per heavy atom. The Kier molecular flexibility index (Phi) is 11.0. The maximum absolute atomic E-state index is 11.5. The quantitative estimate of drug-likeness (QED) is 0.176. The van der Waals surface area contributed by atoms with Gasteiger partial charge in [0.25, 0.3) is 0 Å². The third kappa shape index (κ3) is 7.55. The number of carbonyl (C=O) groups excluding carboxylic acids is 1. The first-order valence-corrected chi connectivity index (χ1v) is 16.8. The van der Waals surface area contributed by atoms with E-state index in [-0.39, 0.29) is 11.9 Å². The number of benzene rings is 2. The van der Waals surface area contributed by atoms with Crippen molar-refractivity contribution in [1.82, 2.24) is 35.9 Å². The second kappa shape index (κ2) is 15.6. The van der Waals surface area contributed by atoms with Crippen LogP contribution in [0, 0.1) is 5.92 Å². The van der Waals surface area contributed by atoms with E-state index in [1.807, 2.05) is 36.4 Å². The number of hydrogen-bond donors (Lipinski definition) is 3. The SMILES string of the molecule is COc1nc(-c2cccc(-c3cccc(-c4cnc(CN[C@@H]5CCOC[C@H]5C)c(OC)n4)c3Cl)c2Cl)cnc1CNC[C@@H]1CCC(=O)N1. The lowest BCUT2D eigenvalue weighted by atomic mass is 9.98. The zero-order valence-corrected chi connectivity index (χ0v) is 28.7. The van der Waals surface area contributed by atoms with Crippen molar-refractivity contribution in [2.24, 2.45) is 5.92 Å². The van der Waals surface area contributed by atoms with Crippen LogP contribution in [0.4, 0.5) is 0 Å². The summed E-state index contributed by atoms with van der Waals surface area (Å²) in [4.78, 5) is 30.3. The minimum absolute atomic E-state index is 0.0859. The van der Waals surface area contributed by atoms with Crippen LogP contribution in [0.5, 0.6) is 11.8 Å². The van der Waals surface area contributed by atoms with E-state index in [9.17, 15) is 4.79 Å². The molecule has 3 atom stereocenters. The second-order valence-electron chi connectivity index (χ2n) is 12.0. The third-order valence-electron chi connectivity index (χ3n) is 8.79. The molecule has 2 aromatic heterocycles. The highest BCUT2D eigenvalue weighted by Crippen LogP contribution is 2.42. The van der Waals surface area contributed by atoms with Crippen LogP contribution in [-0.4, -0.2) is 71.9 Å². The molecule has 252 valence electrons. The average Bonchev–Trinajstić information content (AvgIpc) is 3.53. The molecule has 0 unspecified atom stereocenters. The van der Waals surface area contributed by atoms with Crippen molar-refractivity contribution >= 4 is 29.1 Å². The van der Waals surface area contributed by atoms with Gasteiger partial charge in [-0.3, -0.25) is 14.8 Å². The lowest BCUT2D eigenvalue weighted by Gasteiger charge is -2.29. The number of halogens is 2. The fraction of sp³-hybridized carbons (Fsp3) is 0.400. The zero-order valence-electron chi connectivity index (χ0n) is 27.2. The molecule has 11 nitrogen and oxygen atoms in total. The number of methoxy groups -OCH3 is 2. The van der Waals surface area contributed by atoms with Gasteiger partial charge in [-0.25, -0.2) is 9.97 Å². The number of ether oxygens (including phenoxy) is 3. The van der Waals surface area contributed by atoms with Gasteiger partial charge in [0.2, 0.25) is 17.7 Å². The molecule has 2 aliphatic rings. The van der Waals surface area contributed by atoms with Crippen LogP contribution in [0.1, 0.15) is 37.6 Å². The summed E-state index contributed by atoms with van der Waals surface area (Å²) >= 11 is 14.1. The first-order chi connectivity index (χ1) is 23.4. The summed E-state index contributed by atoms with van der Waals surface area (Å²) in [6, 6.07) is 11.9. The molecule has 13 heteroatoms. The normalized spacial score (nSPS) is 19.3. The van der Waals surface area contributed by atoms with Crippen LogP contribution in [-0.2, 0) is 22.6 Å². The maximum atomic E-state index is 11.5. The Morgan fingerprint density at radius 1 is 0.875 bits per heavy atom. The minimum Gasteiger partial charge on any atom is -0.480 e. The van der Waals surface area contributed by atoms with Crippen molar-refractivity contribution in [2.45, 2.75) is 51.4 Å². The standard InChI is InChI=1S/C35H39Cl2N7O4/c1-20-19-48-13-12-26(20)39-18-30-35(47-3)44-28(17-41-30)25-9-5-7-23(33(25)37)22-6-4-8-24(32(22)36)27-16-40-29(34(43-27)46-2)15-38-14-21-10-11-31(45)42-21/h4-9,16-17,20-21,26,38-39H,10-15,18-19H2,1-3H3,(H,42,45)/t20-,21+,26-/m1/s1. The van der Waals surface area contributed by atoms with Gasteiger partial charge in [0.05, 0.1) is 54.7 Å². The van der Waals surface area contributed by atoms with Gasteiger partial charge in [-0.15, -0.1) is 0 Å². The van der Waals surface area contributed by atoms with E-state index in [1.165, 1.54) is 0 Å². The van der Waals surface area contributed by atoms with E-state index in [0.717, 1.165) is 42.9 Å². The molecule has 6 rings (SSSR count). The highest BCUT2D eigenvalue weighted by molar-refractivity contribution is 6.39. The summed E-state index contributed by atoms with van der Waals surface area (Å²) in [5.41, 5.74) is 5.39. The Balaban J connectivity index is 1.22. The van der Waals surface area contributed by atoms with Gasteiger partial charge in [-0.1, -0.05) is 66.5 Å². The summed E-state index contributed by atoms with van der Waals surface area (Å²) in [6.07, 6.45) is 5.73. The highest BCUT2D eigenvalue weighted by atomic mass is 35.5. The van der Waals surface area contributed by atoms with Gasteiger partial charge < -0.3 is 30.2 Å². The maximum Gasteiger partial charge on any atom is 0.237 e. The van der Waals surface area contributed by atoms with Gasteiger partial charge in [-0.05, 0) is 18.8 Å². The molecule has 2 saturated heterocycles. The number of amides is 1. The number of nitrogens with zero attached hydrogens (tertiary/aromatic N) is 4. The van der Waals surface area contributed by atoms with Crippen molar-refractivity contribution in [3.05, 3.63) is 70.2 Å². The molecule has 4 aromatic rings. The molecule has 3 N–H and O–H groups in total. The molecular formula is C35H39Cl2N7O4. The van der Waals surface area contributed by atoms with Crippen LogP contribution < -0.4 is 25.4 Å². The van der Waals surface area contributed by atoms with E-state index in [1.54, 1.807) is 26.6 Å². The Labute approximate surface area is 290 Å². The average molecular weight is 693 g/mol. The van der Waals surface area contributed by atoms with Gasteiger partial charge in [-0.2, -0.15) is 0 Å². The number of carbonyl (C=O) groups is 1. The van der Waals surface area contributed by atoms with Crippen LogP contribution in [0.2, 0.25) is 10.0 Å². The summed E-state index contributed by atoms with van der Waals surface area (Å²) < 4.78 is 16.8. The minimum atomic E-state index is 0.0859. The summed E-state index contributed by atoms with van der Waals surface area (Å²) in [5, 5.41) is 10.8. The lowest BCUT2D eigenvalue weighted by Crippen LogP contribution is -2.41. The lowest BCUT2D eigenvalue weighted by molar-refractivity contribution is -0.119. The molecule has 2 fully saturated rings. The highest BCUT2D eigenvalue weighted by Gasteiger charge is 2.24. The third-order valence-corrected chi connectivity index (χ3v) is 9.60. The van der Waals surface area contributed by atoms with Gasteiger partial charge in [0.15, 0.2) is 0 Å². The van der Waals surface area contributed by atoms with Crippen LogP contribution in [0.25, 0.3) is 33.6 Å². The molecular weight excluding hydrogens is 653 g/mol. The van der Waals surface area contributed by atoms with Gasteiger partial charge in [0, 0.05) is 67.0 Å². The molecule has 4 heterocycles. The molecule has 2 aliphatic heterocycles. The largest absolute Gasteiger partial charge is 0.480 e. The van der Waals surface area contributed by atoms with Crippen LogP contribution >= 0.6 is 23.2 Å². The van der Waals surface area contributed by atoms with E-state index in [4.69, 9.17) is 52.4 Å².